The Morgan fingerprint density at radius 2 is 2.08 bits per heavy atom. The van der Waals surface area contributed by atoms with Crippen LogP contribution in [0.3, 0.4) is 0 Å². The lowest BCUT2D eigenvalue weighted by molar-refractivity contribution is 0.0364. The molecule has 0 aliphatic rings. The van der Waals surface area contributed by atoms with Crippen molar-refractivity contribution in [3.63, 3.8) is 0 Å². The minimum atomic E-state index is -1.29. The standard InChI is InChI=1S/C18H21N3O4/c1-4-16-21-13-9-12(6-7-14(13)25-16)20-17(22)19-10-18(3,23)15-8-5-11(2)24-15/h5-9,23H,4,10H2,1-3H3,(H2,19,20,22)/t18-/m1/s1. The number of nitrogens with one attached hydrogen (secondary N) is 2. The van der Waals surface area contributed by atoms with Gasteiger partial charge < -0.3 is 24.6 Å². The lowest BCUT2D eigenvalue weighted by atomic mass is 10.0. The fraction of sp³-hybridized carbons (Fsp3) is 0.333. The summed E-state index contributed by atoms with van der Waals surface area (Å²) in [6.07, 6.45) is 0.708. The number of carbonyl (C=O) groups excluding carboxylic acids is 1. The van der Waals surface area contributed by atoms with Gasteiger partial charge in [0.15, 0.2) is 11.5 Å². The van der Waals surface area contributed by atoms with Crippen molar-refractivity contribution in [1.29, 1.82) is 0 Å². The Kier molecular flexibility index (Phi) is 4.50. The molecule has 2 amide bonds. The van der Waals surface area contributed by atoms with Crippen molar-refractivity contribution in [3.05, 3.63) is 47.7 Å². The summed E-state index contributed by atoms with van der Waals surface area (Å²) >= 11 is 0. The van der Waals surface area contributed by atoms with E-state index < -0.39 is 11.6 Å². The van der Waals surface area contributed by atoms with Crippen LogP contribution in [-0.4, -0.2) is 22.7 Å². The lowest BCUT2D eigenvalue weighted by Gasteiger charge is -2.21. The van der Waals surface area contributed by atoms with Crippen LogP contribution in [-0.2, 0) is 12.0 Å². The molecule has 0 unspecified atom stereocenters. The largest absolute Gasteiger partial charge is 0.463 e. The Morgan fingerprint density at radius 1 is 1.28 bits per heavy atom. The monoisotopic (exact) mass is 343 g/mol. The first-order valence-corrected chi connectivity index (χ1v) is 8.11. The fourth-order valence-corrected chi connectivity index (χ4v) is 2.44. The van der Waals surface area contributed by atoms with E-state index in [1.807, 2.05) is 6.92 Å². The van der Waals surface area contributed by atoms with Gasteiger partial charge in [0, 0.05) is 12.1 Å². The van der Waals surface area contributed by atoms with Crippen molar-refractivity contribution in [2.75, 3.05) is 11.9 Å². The van der Waals surface area contributed by atoms with E-state index in [0.717, 1.165) is 0 Å². The summed E-state index contributed by atoms with van der Waals surface area (Å²) in [6.45, 7) is 5.35. The molecule has 3 aromatic rings. The first-order chi connectivity index (χ1) is 11.9. The SMILES string of the molecule is CCc1nc2cc(NC(=O)NC[C@@](C)(O)c3ccc(C)o3)ccc2o1. The molecule has 0 fully saturated rings. The highest BCUT2D eigenvalue weighted by Crippen LogP contribution is 2.22. The van der Waals surface area contributed by atoms with E-state index >= 15 is 0 Å². The van der Waals surface area contributed by atoms with Gasteiger partial charge in [-0.15, -0.1) is 0 Å². The van der Waals surface area contributed by atoms with E-state index in [2.05, 4.69) is 15.6 Å². The summed E-state index contributed by atoms with van der Waals surface area (Å²) in [5, 5.41) is 15.8. The molecule has 25 heavy (non-hydrogen) atoms. The van der Waals surface area contributed by atoms with Crippen LogP contribution in [0, 0.1) is 6.92 Å². The van der Waals surface area contributed by atoms with Crippen LogP contribution in [0.5, 0.6) is 0 Å². The number of amides is 2. The third kappa shape index (κ3) is 3.83. The molecular weight excluding hydrogens is 322 g/mol. The number of nitrogens with zero attached hydrogens (tertiary/aromatic N) is 1. The number of hydrogen-bond donors (Lipinski definition) is 3. The third-order valence-electron chi connectivity index (χ3n) is 3.86. The number of anilines is 1. The number of hydrogen-bond acceptors (Lipinski definition) is 5. The van der Waals surface area contributed by atoms with Crippen LogP contribution in [0.15, 0.2) is 39.2 Å². The number of carbonyl (C=O) groups is 1. The Bertz CT molecular complexity index is 895. The highest BCUT2D eigenvalue weighted by atomic mass is 16.4. The van der Waals surface area contributed by atoms with Crippen molar-refractivity contribution in [1.82, 2.24) is 10.3 Å². The number of aromatic nitrogens is 1. The van der Waals surface area contributed by atoms with Crippen LogP contribution in [0.1, 0.15) is 31.3 Å². The number of oxazole rings is 1. The molecule has 7 nitrogen and oxygen atoms in total. The fourth-order valence-electron chi connectivity index (χ4n) is 2.44. The second kappa shape index (κ2) is 6.60. The molecule has 0 radical (unpaired) electrons. The molecule has 0 aliphatic carbocycles. The number of rotatable bonds is 5. The number of urea groups is 1. The smallest absolute Gasteiger partial charge is 0.319 e. The average Bonchev–Trinajstić information content (AvgIpc) is 3.19. The molecule has 3 rings (SSSR count). The van der Waals surface area contributed by atoms with Gasteiger partial charge in [0.05, 0.1) is 6.54 Å². The number of aliphatic hydroxyl groups is 1. The summed E-state index contributed by atoms with van der Waals surface area (Å²) in [6, 6.07) is 8.27. The first-order valence-electron chi connectivity index (χ1n) is 8.11. The zero-order chi connectivity index (χ0) is 18.0. The summed E-state index contributed by atoms with van der Waals surface area (Å²) < 4.78 is 11.0. The van der Waals surface area contributed by atoms with Gasteiger partial charge in [-0.3, -0.25) is 0 Å². The summed E-state index contributed by atoms with van der Waals surface area (Å²) in [5.74, 6) is 1.76. The predicted molar refractivity (Wildman–Crippen MR) is 93.4 cm³/mol. The van der Waals surface area contributed by atoms with Gasteiger partial charge in [-0.1, -0.05) is 6.92 Å². The molecule has 2 aromatic heterocycles. The van der Waals surface area contributed by atoms with E-state index in [1.54, 1.807) is 44.2 Å². The van der Waals surface area contributed by atoms with Crippen LogP contribution < -0.4 is 10.6 Å². The maximum Gasteiger partial charge on any atom is 0.319 e. The van der Waals surface area contributed by atoms with Crippen molar-refractivity contribution in [2.24, 2.45) is 0 Å². The van der Waals surface area contributed by atoms with Gasteiger partial charge in [-0.2, -0.15) is 0 Å². The molecule has 0 bridgehead atoms. The van der Waals surface area contributed by atoms with Gasteiger partial charge in [0.2, 0.25) is 0 Å². The van der Waals surface area contributed by atoms with Crippen LogP contribution in [0.4, 0.5) is 10.5 Å². The van der Waals surface area contributed by atoms with E-state index in [9.17, 15) is 9.90 Å². The normalized spacial score (nSPS) is 13.6. The van der Waals surface area contributed by atoms with E-state index in [-0.39, 0.29) is 6.54 Å². The summed E-state index contributed by atoms with van der Waals surface area (Å²) in [5.41, 5.74) is 0.665. The first kappa shape index (κ1) is 17.0. The molecule has 0 saturated heterocycles. The van der Waals surface area contributed by atoms with Crippen molar-refractivity contribution in [2.45, 2.75) is 32.8 Å². The number of furan rings is 1. The quantitative estimate of drug-likeness (QED) is 0.660. The molecule has 7 heteroatoms. The number of benzene rings is 1. The molecule has 1 atom stereocenters. The molecule has 1 aromatic carbocycles. The Hall–Kier alpha value is -2.80. The van der Waals surface area contributed by atoms with Gasteiger partial charge in [-0.25, -0.2) is 9.78 Å². The zero-order valence-corrected chi connectivity index (χ0v) is 14.4. The van der Waals surface area contributed by atoms with Crippen LogP contribution >= 0.6 is 0 Å². The minimum absolute atomic E-state index is 0.0119. The molecule has 0 aliphatic heterocycles. The molecule has 0 saturated carbocycles. The maximum atomic E-state index is 12.1. The molecule has 0 spiro atoms. The van der Waals surface area contributed by atoms with Crippen molar-refractivity contribution >= 4 is 22.8 Å². The van der Waals surface area contributed by atoms with Crippen molar-refractivity contribution < 1.29 is 18.7 Å². The van der Waals surface area contributed by atoms with Crippen LogP contribution in [0.25, 0.3) is 11.1 Å². The van der Waals surface area contributed by atoms with Gasteiger partial charge in [0.1, 0.15) is 22.6 Å². The second-order valence-electron chi connectivity index (χ2n) is 6.14. The molecule has 2 heterocycles. The Morgan fingerprint density at radius 3 is 2.76 bits per heavy atom. The van der Waals surface area contributed by atoms with E-state index in [4.69, 9.17) is 8.83 Å². The molecule has 132 valence electrons. The van der Waals surface area contributed by atoms with E-state index in [0.29, 0.717) is 40.6 Å². The van der Waals surface area contributed by atoms with Gasteiger partial charge >= 0.3 is 6.03 Å². The second-order valence-corrected chi connectivity index (χ2v) is 6.14. The topological polar surface area (TPSA) is 101 Å². The van der Waals surface area contributed by atoms with E-state index in [1.165, 1.54) is 0 Å². The van der Waals surface area contributed by atoms with Crippen LogP contribution in [0.2, 0.25) is 0 Å². The Labute approximate surface area is 145 Å². The number of aryl methyl sites for hydroxylation is 2. The Balaban J connectivity index is 1.62. The molecule has 3 N–H and O–H groups in total. The summed E-state index contributed by atoms with van der Waals surface area (Å²) in [7, 11) is 0. The number of fused-ring (bicyclic) bond motifs is 1. The van der Waals surface area contributed by atoms with Gasteiger partial charge in [0.25, 0.3) is 0 Å². The predicted octanol–water partition coefficient (Wildman–Crippen LogP) is 3.32. The molecular formula is C18H21N3O4. The van der Waals surface area contributed by atoms with Gasteiger partial charge in [-0.05, 0) is 44.2 Å². The average molecular weight is 343 g/mol. The van der Waals surface area contributed by atoms with Crippen molar-refractivity contribution in [3.8, 4) is 0 Å². The summed E-state index contributed by atoms with van der Waals surface area (Å²) in [4.78, 5) is 16.4. The maximum absolute atomic E-state index is 12.1. The minimum Gasteiger partial charge on any atom is -0.463 e. The lowest BCUT2D eigenvalue weighted by Crippen LogP contribution is -2.40. The highest BCUT2D eigenvalue weighted by Gasteiger charge is 2.27. The third-order valence-corrected chi connectivity index (χ3v) is 3.86. The highest BCUT2D eigenvalue weighted by molar-refractivity contribution is 5.91. The zero-order valence-electron chi connectivity index (χ0n) is 14.4.